The second-order valence-corrected chi connectivity index (χ2v) is 4.96. The Bertz CT molecular complexity index is 236. The number of rotatable bonds is 5. The van der Waals surface area contributed by atoms with Crippen LogP contribution < -0.4 is 0 Å². The van der Waals surface area contributed by atoms with Crippen LogP contribution in [0.3, 0.4) is 0 Å². The Morgan fingerprint density at radius 2 is 1.94 bits per heavy atom. The van der Waals surface area contributed by atoms with Gasteiger partial charge < -0.3 is 10.2 Å². The smallest absolute Gasteiger partial charge is 0.320 e. The van der Waals surface area contributed by atoms with Crippen LogP contribution >= 0.6 is 0 Å². The zero-order valence-electron chi connectivity index (χ0n) is 10.3. The third-order valence-corrected chi connectivity index (χ3v) is 3.53. The number of carboxylic acids is 1. The highest BCUT2D eigenvalue weighted by Crippen LogP contribution is 2.29. The van der Waals surface area contributed by atoms with Crippen molar-refractivity contribution >= 4 is 5.97 Å². The van der Waals surface area contributed by atoms with Crippen molar-refractivity contribution in [2.45, 2.75) is 57.1 Å². The third-order valence-electron chi connectivity index (χ3n) is 3.53. The summed E-state index contributed by atoms with van der Waals surface area (Å²) in [6.07, 6.45) is 5.45. The van der Waals surface area contributed by atoms with Gasteiger partial charge in [0.25, 0.3) is 0 Å². The van der Waals surface area contributed by atoms with E-state index in [2.05, 4.69) is 0 Å². The molecule has 1 fully saturated rings. The number of likely N-dealkylation sites (N-methyl/N-ethyl adjacent to an activating group) is 1. The maximum atomic E-state index is 11.0. The zero-order chi connectivity index (χ0) is 12.2. The van der Waals surface area contributed by atoms with Crippen molar-refractivity contribution < 1.29 is 15.0 Å². The Balaban J connectivity index is 2.54. The van der Waals surface area contributed by atoms with E-state index in [1.54, 1.807) is 11.9 Å². The molecule has 0 aromatic rings. The minimum Gasteiger partial charge on any atom is -0.480 e. The van der Waals surface area contributed by atoms with Crippen LogP contribution in [-0.2, 0) is 4.79 Å². The molecule has 0 aromatic carbocycles. The second-order valence-electron chi connectivity index (χ2n) is 4.96. The van der Waals surface area contributed by atoms with E-state index in [0.29, 0.717) is 13.0 Å². The molecule has 1 atom stereocenters. The molecule has 16 heavy (non-hydrogen) atoms. The van der Waals surface area contributed by atoms with Crippen LogP contribution in [0.4, 0.5) is 0 Å². The number of carboxylic acid groups (broad SMARTS) is 1. The lowest BCUT2D eigenvalue weighted by molar-refractivity contribution is -0.144. The van der Waals surface area contributed by atoms with Gasteiger partial charge in [0, 0.05) is 6.54 Å². The van der Waals surface area contributed by atoms with Gasteiger partial charge in [-0.25, -0.2) is 0 Å². The van der Waals surface area contributed by atoms with Crippen LogP contribution in [0.2, 0.25) is 0 Å². The largest absolute Gasteiger partial charge is 0.480 e. The summed E-state index contributed by atoms with van der Waals surface area (Å²) >= 11 is 0. The van der Waals surface area contributed by atoms with Gasteiger partial charge in [-0.05, 0) is 26.3 Å². The lowest BCUT2D eigenvalue weighted by Gasteiger charge is -2.37. The number of carbonyl (C=O) groups is 1. The van der Waals surface area contributed by atoms with Crippen molar-refractivity contribution in [1.29, 1.82) is 0 Å². The van der Waals surface area contributed by atoms with Crippen molar-refractivity contribution in [2.24, 2.45) is 0 Å². The third kappa shape index (κ3) is 3.46. The molecule has 94 valence electrons. The van der Waals surface area contributed by atoms with Crippen LogP contribution in [-0.4, -0.2) is 46.3 Å². The van der Waals surface area contributed by atoms with Crippen molar-refractivity contribution in [3.63, 3.8) is 0 Å². The van der Waals surface area contributed by atoms with Gasteiger partial charge in [-0.1, -0.05) is 26.2 Å². The molecule has 0 bridgehead atoms. The number of aliphatic carboxylic acids is 1. The summed E-state index contributed by atoms with van der Waals surface area (Å²) < 4.78 is 0. The molecule has 0 saturated heterocycles. The van der Waals surface area contributed by atoms with Gasteiger partial charge >= 0.3 is 5.97 Å². The Hall–Kier alpha value is -0.610. The molecule has 2 N–H and O–H groups in total. The Morgan fingerprint density at radius 3 is 2.38 bits per heavy atom. The summed E-state index contributed by atoms with van der Waals surface area (Å²) in [6.45, 7) is 2.33. The van der Waals surface area contributed by atoms with Crippen LogP contribution in [0.1, 0.15) is 45.4 Å². The molecule has 0 aliphatic heterocycles. The molecule has 1 aliphatic carbocycles. The summed E-state index contributed by atoms with van der Waals surface area (Å²) in [5, 5.41) is 19.4. The summed E-state index contributed by atoms with van der Waals surface area (Å²) in [7, 11) is 1.79. The minimum atomic E-state index is -0.801. The molecule has 1 saturated carbocycles. The maximum absolute atomic E-state index is 11.0. The van der Waals surface area contributed by atoms with E-state index in [0.717, 1.165) is 25.7 Å². The number of hydrogen-bond donors (Lipinski definition) is 2. The van der Waals surface area contributed by atoms with Crippen molar-refractivity contribution in [1.82, 2.24) is 4.90 Å². The predicted molar refractivity (Wildman–Crippen MR) is 62.4 cm³/mol. The highest BCUT2D eigenvalue weighted by molar-refractivity contribution is 5.73. The summed E-state index contributed by atoms with van der Waals surface area (Å²) in [6, 6.07) is -0.481. The lowest BCUT2D eigenvalue weighted by Crippen LogP contribution is -2.48. The van der Waals surface area contributed by atoms with Gasteiger partial charge in [0.05, 0.1) is 5.60 Å². The van der Waals surface area contributed by atoms with Gasteiger partial charge in [-0.3, -0.25) is 9.69 Å². The van der Waals surface area contributed by atoms with Crippen molar-refractivity contribution in [2.75, 3.05) is 13.6 Å². The standard InChI is InChI=1S/C12H23NO3/c1-3-10(11(14)15)13(2)9-12(16)7-5-4-6-8-12/h10,16H,3-9H2,1-2H3,(H,14,15). The molecule has 0 spiro atoms. The van der Waals surface area contributed by atoms with Crippen LogP contribution in [0, 0.1) is 0 Å². The maximum Gasteiger partial charge on any atom is 0.320 e. The minimum absolute atomic E-state index is 0.470. The average Bonchev–Trinajstić information content (AvgIpc) is 2.18. The molecule has 0 heterocycles. The van der Waals surface area contributed by atoms with E-state index < -0.39 is 17.6 Å². The molecule has 1 aliphatic rings. The van der Waals surface area contributed by atoms with Gasteiger partial charge in [0.15, 0.2) is 0 Å². The molecule has 1 rings (SSSR count). The first kappa shape index (κ1) is 13.5. The normalized spacial score (nSPS) is 22.0. The number of aliphatic hydroxyl groups is 1. The predicted octanol–water partition coefficient (Wildman–Crippen LogP) is 1.48. The first-order valence-electron chi connectivity index (χ1n) is 6.14. The topological polar surface area (TPSA) is 60.8 Å². The fourth-order valence-corrected chi connectivity index (χ4v) is 2.62. The molecule has 0 amide bonds. The number of nitrogens with zero attached hydrogens (tertiary/aromatic N) is 1. The van der Waals surface area contributed by atoms with E-state index in [1.807, 2.05) is 6.92 Å². The van der Waals surface area contributed by atoms with Gasteiger partial charge in [-0.2, -0.15) is 0 Å². The summed E-state index contributed by atoms with van der Waals surface area (Å²) in [5.41, 5.74) is -0.671. The van der Waals surface area contributed by atoms with Gasteiger partial charge in [-0.15, -0.1) is 0 Å². The van der Waals surface area contributed by atoms with E-state index in [4.69, 9.17) is 5.11 Å². The highest BCUT2D eigenvalue weighted by Gasteiger charge is 2.33. The quantitative estimate of drug-likeness (QED) is 0.749. The molecule has 1 unspecified atom stereocenters. The lowest BCUT2D eigenvalue weighted by atomic mass is 9.84. The molecular weight excluding hydrogens is 206 g/mol. The van der Waals surface area contributed by atoms with E-state index in [9.17, 15) is 9.90 Å². The first-order chi connectivity index (χ1) is 7.48. The van der Waals surface area contributed by atoms with Gasteiger partial charge in [0.2, 0.25) is 0 Å². The van der Waals surface area contributed by atoms with E-state index in [1.165, 1.54) is 6.42 Å². The monoisotopic (exact) mass is 229 g/mol. The molecule has 0 radical (unpaired) electrons. The van der Waals surface area contributed by atoms with E-state index >= 15 is 0 Å². The molecule has 4 nitrogen and oxygen atoms in total. The Labute approximate surface area is 97.3 Å². The van der Waals surface area contributed by atoms with Crippen molar-refractivity contribution in [3.8, 4) is 0 Å². The fourth-order valence-electron chi connectivity index (χ4n) is 2.62. The van der Waals surface area contributed by atoms with Crippen LogP contribution in [0.15, 0.2) is 0 Å². The molecule has 0 aromatic heterocycles. The second kappa shape index (κ2) is 5.64. The van der Waals surface area contributed by atoms with Crippen LogP contribution in [0.25, 0.3) is 0 Å². The fraction of sp³-hybridized carbons (Fsp3) is 0.917. The molecular formula is C12H23NO3. The highest BCUT2D eigenvalue weighted by atomic mass is 16.4. The Morgan fingerprint density at radius 1 is 1.38 bits per heavy atom. The van der Waals surface area contributed by atoms with Crippen LogP contribution in [0.5, 0.6) is 0 Å². The van der Waals surface area contributed by atoms with Gasteiger partial charge in [0.1, 0.15) is 6.04 Å². The SMILES string of the molecule is CCC(C(=O)O)N(C)CC1(O)CCCCC1. The summed E-state index contributed by atoms with van der Waals surface area (Å²) in [4.78, 5) is 12.8. The zero-order valence-corrected chi connectivity index (χ0v) is 10.3. The van der Waals surface area contributed by atoms with Crippen molar-refractivity contribution in [3.05, 3.63) is 0 Å². The summed E-state index contributed by atoms with van der Waals surface area (Å²) in [5.74, 6) is -0.801. The molecule has 4 heteroatoms. The number of hydrogen-bond acceptors (Lipinski definition) is 3. The first-order valence-corrected chi connectivity index (χ1v) is 6.14. The average molecular weight is 229 g/mol. The van der Waals surface area contributed by atoms with E-state index in [-0.39, 0.29) is 0 Å². The Kier molecular flexibility index (Phi) is 4.74.